The van der Waals surface area contributed by atoms with Gasteiger partial charge in [-0.2, -0.15) is 5.26 Å². The van der Waals surface area contributed by atoms with Gasteiger partial charge >= 0.3 is 0 Å². The van der Waals surface area contributed by atoms with Crippen LogP contribution in [0.25, 0.3) is 21.9 Å². The predicted molar refractivity (Wildman–Crippen MR) is 126 cm³/mol. The number of para-hydroxylation sites is 1. The number of ether oxygens (including phenoxy) is 2. The molecule has 4 aromatic rings. The summed E-state index contributed by atoms with van der Waals surface area (Å²) in [6.07, 6.45) is 2.66. The number of allylic oxidation sites excluding steroid dienone is 1. The van der Waals surface area contributed by atoms with Crippen LogP contribution >= 0.6 is 11.3 Å². The van der Waals surface area contributed by atoms with E-state index in [2.05, 4.69) is 23.2 Å². The molecule has 0 saturated carbocycles. The van der Waals surface area contributed by atoms with E-state index in [4.69, 9.17) is 9.47 Å². The fourth-order valence-electron chi connectivity index (χ4n) is 3.22. The molecule has 0 bridgehead atoms. The maximum absolute atomic E-state index is 9.71. The van der Waals surface area contributed by atoms with Gasteiger partial charge in [0.15, 0.2) is 11.5 Å². The average molecular weight is 427 g/mol. The Bertz CT molecular complexity index is 1210. The molecule has 31 heavy (non-hydrogen) atoms. The van der Waals surface area contributed by atoms with E-state index in [1.807, 2.05) is 73.7 Å². The number of aromatic nitrogens is 1. The number of fused-ring (bicyclic) bond motifs is 1. The number of rotatable bonds is 8. The van der Waals surface area contributed by atoms with Crippen LogP contribution in [-0.4, -0.2) is 18.2 Å². The lowest BCUT2D eigenvalue weighted by atomic mass is 10.1. The Morgan fingerprint density at radius 1 is 1.00 bits per heavy atom. The molecule has 0 radical (unpaired) electrons. The topological polar surface area (TPSA) is 55.1 Å². The van der Waals surface area contributed by atoms with Crippen LogP contribution in [0.15, 0.2) is 72.8 Å². The van der Waals surface area contributed by atoms with E-state index in [1.54, 1.807) is 0 Å². The van der Waals surface area contributed by atoms with Crippen molar-refractivity contribution >= 4 is 33.2 Å². The minimum Gasteiger partial charge on any atom is -0.490 e. The van der Waals surface area contributed by atoms with Gasteiger partial charge in [-0.05, 0) is 48.4 Å². The van der Waals surface area contributed by atoms with Crippen LogP contribution in [-0.2, 0) is 6.42 Å². The second kappa shape index (κ2) is 9.92. The summed E-state index contributed by atoms with van der Waals surface area (Å²) in [5.41, 5.74) is 3.53. The number of nitrogens with zero attached hydrogens (tertiary/aromatic N) is 2. The number of hydrogen-bond acceptors (Lipinski definition) is 5. The molecule has 1 aromatic heterocycles. The summed E-state index contributed by atoms with van der Waals surface area (Å²) in [7, 11) is 0. The molecule has 3 aromatic carbocycles. The van der Waals surface area contributed by atoms with Crippen molar-refractivity contribution < 1.29 is 9.47 Å². The van der Waals surface area contributed by atoms with Crippen LogP contribution < -0.4 is 9.47 Å². The molecule has 1 heterocycles. The molecule has 0 amide bonds. The first-order chi connectivity index (χ1) is 15.3. The summed E-state index contributed by atoms with van der Waals surface area (Å²) in [4.78, 5) is 4.60. The molecule has 5 heteroatoms. The maximum Gasteiger partial charge on any atom is 0.161 e. The second-order valence-corrected chi connectivity index (χ2v) is 7.91. The number of benzene rings is 3. The van der Waals surface area contributed by atoms with Crippen molar-refractivity contribution in [1.82, 2.24) is 4.98 Å². The van der Waals surface area contributed by atoms with Crippen LogP contribution in [0.1, 0.15) is 23.1 Å². The molecule has 0 aliphatic carbocycles. The summed E-state index contributed by atoms with van der Waals surface area (Å²) in [6, 6.07) is 26.2. The molecule has 0 saturated heterocycles. The lowest BCUT2D eigenvalue weighted by Gasteiger charge is -2.13. The lowest BCUT2D eigenvalue weighted by Crippen LogP contribution is -2.03. The first-order valence-corrected chi connectivity index (χ1v) is 11.0. The third-order valence-corrected chi connectivity index (χ3v) is 5.78. The van der Waals surface area contributed by atoms with Crippen LogP contribution in [0.2, 0.25) is 0 Å². The monoisotopic (exact) mass is 426 g/mol. The van der Waals surface area contributed by atoms with Gasteiger partial charge in [0.2, 0.25) is 0 Å². The van der Waals surface area contributed by atoms with E-state index in [-0.39, 0.29) is 0 Å². The highest BCUT2D eigenvalue weighted by atomic mass is 32.1. The van der Waals surface area contributed by atoms with Gasteiger partial charge in [-0.1, -0.05) is 48.5 Å². The molecule has 0 unspecified atom stereocenters. The Kier molecular flexibility index (Phi) is 6.61. The van der Waals surface area contributed by atoms with Gasteiger partial charge < -0.3 is 9.47 Å². The molecule has 0 N–H and O–H groups in total. The Morgan fingerprint density at radius 2 is 1.81 bits per heavy atom. The molecular weight excluding hydrogens is 404 g/mol. The van der Waals surface area contributed by atoms with Gasteiger partial charge in [-0.25, -0.2) is 4.98 Å². The lowest BCUT2D eigenvalue weighted by molar-refractivity contribution is 0.279. The number of hydrogen-bond donors (Lipinski definition) is 0. The molecule has 0 atom stereocenters. The largest absolute Gasteiger partial charge is 0.490 e. The normalized spacial score (nSPS) is 11.3. The Morgan fingerprint density at radius 3 is 2.58 bits per heavy atom. The molecule has 0 spiro atoms. The molecule has 0 fully saturated rings. The number of thiazole rings is 1. The first-order valence-electron chi connectivity index (χ1n) is 10.2. The van der Waals surface area contributed by atoms with Crippen molar-refractivity contribution in [2.24, 2.45) is 0 Å². The van der Waals surface area contributed by atoms with Crippen LogP contribution in [0.4, 0.5) is 0 Å². The Hall–Kier alpha value is -3.62. The first kappa shape index (κ1) is 20.6. The summed E-state index contributed by atoms with van der Waals surface area (Å²) in [5, 5.41) is 10.4. The summed E-state index contributed by atoms with van der Waals surface area (Å²) < 4.78 is 12.8. The minimum absolute atomic E-state index is 0.529. The smallest absolute Gasteiger partial charge is 0.161 e. The van der Waals surface area contributed by atoms with Crippen molar-refractivity contribution in [3.8, 4) is 17.6 Å². The SMILES string of the molecule is CCOc1cc(/C=C(/C#N)c2nc3ccccc3s2)ccc1OCCc1ccccc1. The second-order valence-electron chi connectivity index (χ2n) is 6.88. The summed E-state index contributed by atoms with van der Waals surface area (Å²) in [5.74, 6) is 1.37. The third kappa shape index (κ3) is 5.11. The average Bonchev–Trinajstić information content (AvgIpc) is 3.24. The van der Waals surface area contributed by atoms with Crippen LogP contribution in [0.5, 0.6) is 11.5 Å². The highest BCUT2D eigenvalue weighted by molar-refractivity contribution is 7.19. The quantitative estimate of drug-likeness (QED) is 0.307. The predicted octanol–water partition coefficient (Wildman–Crippen LogP) is 6.38. The summed E-state index contributed by atoms with van der Waals surface area (Å²) >= 11 is 1.52. The van der Waals surface area contributed by atoms with Gasteiger partial charge in [-0.15, -0.1) is 11.3 Å². The molecular formula is C26H22N2O2S. The van der Waals surface area contributed by atoms with Crippen molar-refractivity contribution in [1.29, 1.82) is 5.26 Å². The van der Waals surface area contributed by atoms with E-state index < -0.39 is 0 Å². The van der Waals surface area contributed by atoms with E-state index >= 15 is 0 Å². The van der Waals surface area contributed by atoms with Gasteiger partial charge in [0, 0.05) is 6.42 Å². The van der Waals surface area contributed by atoms with Crippen molar-refractivity contribution in [3.05, 3.63) is 88.9 Å². The van der Waals surface area contributed by atoms with Crippen LogP contribution in [0.3, 0.4) is 0 Å². The molecule has 0 aliphatic heterocycles. The van der Waals surface area contributed by atoms with Gasteiger partial charge in [0.25, 0.3) is 0 Å². The highest BCUT2D eigenvalue weighted by Gasteiger charge is 2.11. The Balaban J connectivity index is 1.55. The van der Waals surface area contributed by atoms with Crippen molar-refractivity contribution in [2.45, 2.75) is 13.3 Å². The summed E-state index contributed by atoms with van der Waals surface area (Å²) in [6.45, 7) is 3.04. The minimum atomic E-state index is 0.529. The highest BCUT2D eigenvalue weighted by Crippen LogP contribution is 2.32. The standard InChI is InChI=1S/C26H22N2O2S/c1-2-29-24-17-20(12-13-23(24)30-15-14-19-8-4-3-5-9-19)16-21(18-27)26-28-22-10-6-7-11-25(22)31-26/h3-13,16-17H,2,14-15H2,1H3/b21-16-. The fraction of sp³-hybridized carbons (Fsp3) is 0.154. The maximum atomic E-state index is 9.71. The zero-order valence-electron chi connectivity index (χ0n) is 17.2. The van der Waals surface area contributed by atoms with Crippen LogP contribution in [0, 0.1) is 11.3 Å². The zero-order valence-corrected chi connectivity index (χ0v) is 18.1. The van der Waals surface area contributed by atoms with Gasteiger partial charge in [0.05, 0.1) is 29.0 Å². The third-order valence-electron chi connectivity index (χ3n) is 4.71. The van der Waals surface area contributed by atoms with E-state index in [1.165, 1.54) is 16.9 Å². The van der Waals surface area contributed by atoms with E-state index in [0.717, 1.165) is 22.2 Å². The van der Waals surface area contributed by atoms with E-state index in [9.17, 15) is 5.26 Å². The van der Waals surface area contributed by atoms with Gasteiger partial charge in [-0.3, -0.25) is 0 Å². The van der Waals surface area contributed by atoms with Crippen molar-refractivity contribution in [3.63, 3.8) is 0 Å². The number of nitriles is 1. The molecule has 0 aliphatic rings. The van der Waals surface area contributed by atoms with Crippen molar-refractivity contribution in [2.75, 3.05) is 13.2 Å². The fourth-order valence-corrected chi connectivity index (χ4v) is 4.15. The van der Waals surface area contributed by atoms with Gasteiger partial charge in [0.1, 0.15) is 11.1 Å². The zero-order chi connectivity index (χ0) is 21.5. The molecule has 154 valence electrons. The Labute approximate surface area is 186 Å². The van der Waals surface area contributed by atoms with E-state index in [0.29, 0.717) is 35.3 Å². The molecule has 4 rings (SSSR count). The molecule has 4 nitrogen and oxygen atoms in total.